The van der Waals surface area contributed by atoms with E-state index in [1.807, 2.05) is 24.3 Å². The molecule has 0 radical (unpaired) electrons. The van der Waals surface area contributed by atoms with Crippen LogP contribution in [0.25, 0.3) is 10.8 Å². The molecule has 0 bridgehead atoms. The Morgan fingerprint density at radius 1 is 1.00 bits per heavy atom. The first kappa shape index (κ1) is 16.4. The molecule has 3 atom stereocenters. The highest BCUT2D eigenvalue weighted by Crippen LogP contribution is 2.15. The average Bonchev–Trinajstić information content (AvgIpc) is 2.57. The summed E-state index contributed by atoms with van der Waals surface area (Å²) in [4.78, 5) is 12.2. The van der Waals surface area contributed by atoms with Crippen molar-refractivity contribution in [2.24, 2.45) is 0 Å². The van der Waals surface area contributed by atoms with Crippen LogP contribution in [0.1, 0.15) is 10.4 Å². The van der Waals surface area contributed by atoms with Crippen molar-refractivity contribution in [1.82, 2.24) is 5.32 Å². The number of fused-ring (bicyclic) bond motifs is 1. The maximum atomic E-state index is 12.2. The Morgan fingerprint density at radius 2 is 1.68 bits per heavy atom. The summed E-state index contributed by atoms with van der Waals surface area (Å²) in [6.45, 7) is -1.22. The van der Waals surface area contributed by atoms with Gasteiger partial charge in [0.15, 0.2) is 0 Å². The van der Waals surface area contributed by atoms with E-state index in [2.05, 4.69) is 5.32 Å². The van der Waals surface area contributed by atoms with Crippen LogP contribution in [0.3, 0.4) is 0 Å². The van der Waals surface area contributed by atoms with Gasteiger partial charge in [-0.25, -0.2) is 0 Å². The van der Waals surface area contributed by atoms with E-state index in [0.717, 1.165) is 10.8 Å². The Hall–Kier alpha value is -1.99. The topological polar surface area (TPSA) is 110 Å². The van der Waals surface area contributed by atoms with Gasteiger partial charge >= 0.3 is 0 Å². The number of aliphatic hydroxyl groups excluding tert-OH is 4. The molecule has 0 aromatic heterocycles. The molecule has 0 spiro atoms. The van der Waals surface area contributed by atoms with Gasteiger partial charge in [0.2, 0.25) is 0 Å². The predicted molar refractivity (Wildman–Crippen MR) is 81.4 cm³/mol. The van der Waals surface area contributed by atoms with Gasteiger partial charge in [-0.05, 0) is 22.9 Å². The summed E-state index contributed by atoms with van der Waals surface area (Å²) >= 11 is 0. The van der Waals surface area contributed by atoms with Gasteiger partial charge in [-0.15, -0.1) is 0 Å². The zero-order valence-corrected chi connectivity index (χ0v) is 11.9. The number of amides is 1. The molecule has 0 heterocycles. The summed E-state index contributed by atoms with van der Waals surface area (Å²) in [5.74, 6) is -0.478. The summed E-state index contributed by atoms with van der Waals surface area (Å²) in [7, 11) is 0. The monoisotopic (exact) mass is 305 g/mol. The maximum absolute atomic E-state index is 12.2. The molecular formula is C16H19NO5. The maximum Gasteiger partial charge on any atom is 0.251 e. The lowest BCUT2D eigenvalue weighted by atomic mass is 10.0. The third-order valence-electron chi connectivity index (χ3n) is 3.52. The van der Waals surface area contributed by atoms with Gasteiger partial charge in [0.1, 0.15) is 12.2 Å². The van der Waals surface area contributed by atoms with Crippen molar-refractivity contribution in [3.63, 3.8) is 0 Å². The van der Waals surface area contributed by atoms with E-state index in [4.69, 9.17) is 5.11 Å². The zero-order chi connectivity index (χ0) is 16.1. The SMILES string of the molecule is O=C(N[C@H](CO)[C@@H](O)C(O)CO)c1ccc2ccccc2c1. The third-order valence-corrected chi connectivity index (χ3v) is 3.52. The molecule has 2 aromatic carbocycles. The highest BCUT2D eigenvalue weighted by atomic mass is 16.4. The van der Waals surface area contributed by atoms with Crippen LogP contribution in [-0.4, -0.2) is 57.8 Å². The van der Waals surface area contributed by atoms with E-state index in [9.17, 15) is 20.1 Å². The fourth-order valence-electron chi connectivity index (χ4n) is 2.20. The van der Waals surface area contributed by atoms with Crippen molar-refractivity contribution in [3.05, 3.63) is 48.0 Å². The number of hydrogen-bond acceptors (Lipinski definition) is 5. The molecule has 0 aliphatic carbocycles. The lowest BCUT2D eigenvalue weighted by molar-refractivity contribution is -0.0395. The molecule has 1 amide bonds. The van der Waals surface area contributed by atoms with E-state index < -0.39 is 37.4 Å². The van der Waals surface area contributed by atoms with Gasteiger partial charge in [0.25, 0.3) is 5.91 Å². The summed E-state index contributed by atoms with van der Waals surface area (Å²) in [5, 5.41) is 41.5. The standard InChI is InChI=1S/C16H19NO5/c18-8-13(15(21)14(20)9-19)17-16(22)12-6-5-10-3-1-2-4-11(10)7-12/h1-7,13-15,18-21H,8-9H2,(H,17,22)/t13-,14?,15-/m1/s1. The molecule has 5 N–H and O–H groups in total. The minimum absolute atomic E-state index is 0.378. The Morgan fingerprint density at radius 3 is 2.32 bits per heavy atom. The predicted octanol–water partition coefficient (Wildman–Crippen LogP) is -0.355. The van der Waals surface area contributed by atoms with E-state index in [0.29, 0.717) is 5.56 Å². The van der Waals surface area contributed by atoms with Gasteiger partial charge in [-0.2, -0.15) is 0 Å². The summed E-state index contributed by atoms with van der Waals surface area (Å²) in [6.07, 6.45) is -2.89. The van der Waals surface area contributed by atoms with Crippen molar-refractivity contribution < 1.29 is 25.2 Å². The van der Waals surface area contributed by atoms with Crippen LogP contribution in [0.15, 0.2) is 42.5 Å². The summed E-state index contributed by atoms with van der Waals surface area (Å²) in [5.41, 5.74) is 0.378. The quantitative estimate of drug-likeness (QED) is 0.501. The second-order valence-corrected chi connectivity index (χ2v) is 5.06. The molecule has 6 heteroatoms. The number of carbonyl (C=O) groups excluding carboxylic acids is 1. The van der Waals surface area contributed by atoms with Crippen LogP contribution in [-0.2, 0) is 0 Å². The largest absolute Gasteiger partial charge is 0.394 e. The molecule has 0 saturated heterocycles. The van der Waals surface area contributed by atoms with Crippen LogP contribution in [0.5, 0.6) is 0 Å². The molecule has 118 valence electrons. The molecule has 2 aromatic rings. The van der Waals surface area contributed by atoms with Gasteiger partial charge in [0.05, 0.1) is 19.3 Å². The lowest BCUT2D eigenvalue weighted by Gasteiger charge is -2.25. The molecular weight excluding hydrogens is 286 g/mol. The fourth-order valence-corrected chi connectivity index (χ4v) is 2.20. The minimum Gasteiger partial charge on any atom is -0.394 e. The van der Waals surface area contributed by atoms with E-state index >= 15 is 0 Å². The molecule has 0 aliphatic heterocycles. The van der Waals surface area contributed by atoms with Crippen LogP contribution in [0.4, 0.5) is 0 Å². The number of nitrogens with one attached hydrogen (secondary N) is 1. The summed E-state index contributed by atoms with van der Waals surface area (Å²) < 4.78 is 0. The lowest BCUT2D eigenvalue weighted by Crippen LogP contribution is -2.51. The van der Waals surface area contributed by atoms with Crippen molar-refractivity contribution in [2.75, 3.05) is 13.2 Å². The zero-order valence-electron chi connectivity index (χ0n) is 11.9. The molecule has 22 heavy (non-hydrogen) atoms. The Labute approximate surface area is 127 Å². The average molecular weight is 305 g/mol. The van der Waals surface area contributed by atoms with E-state index in [1.54, 1.807) is 18.2 Å². The first-order chi connectivity index (χ1) is 10.6. The Kier molecular flexibility index (Phi) is 5.46. The smallest absolute Gasteiger partial charge is 0.251 e. The van der Waals surface area contributed by atoms with Gasteiger partial charge < -0.3 is 25.7 Å². The first-order valence-electron chi connectivity index (χ1n) is 6.94. The number of benzene rings is 2. The number of carbonyl (C=O) groups is 1. The first-order valence-corrected chi connectivity index (χ1v) is 6.94. The van der Waals surface area contributed by atoms with Crippen molar-refractivity contribution in [3.8, 4) is 0 Å². The molecule has 0 aliphatic rings. The van der Waals surface area contributed by atoms with Crippen LogP contribution in [0.2, 0.25) is 0 Å². The summed E-state index contributed by atoms with van der Waals surface area (Å²) in [6, 6.07) is 11.6. The number of rotatable bonds is 6. The van der Waals surface area contributed by atoms with Crippen molar-refractivity contribution in [1.29, 1.82) is 0 Å². The molecule has 6 nitrogen and oxygen atoms in total. The number of aliphatic hydroxyl groups is 4. The van der Waals surface area contributed by atoms with Crippen LogP contribution < -0.4 is 5.32 Å². The van der Waals surface area contributed by atoms with Gasteiger partial charge in [-0.1, -0.05) is 30.3 Å². The van der Waals surface area contributed by atoms with E-state index in [-0.39, 0.29) is 0 Å². The Balaban J connectivity index is 2.15. The molecule has 0 saturated carbocycles. The Bertz CT molecular complexity index is 645. The third kappa shape index (κ3) is 3.61. The molecule has 2 rings (SSSR count). The second-order valence-electron chi connectivity index (χ2n) is 5.06. The number of hydrogen-bond donors (Lipinski definition) is 5. The normalized spacial score (nSPS) is 15.3. The fraction of sp³-hybridized carbons (Fsp3) is 0.312. The van der Waals surface area contributed by atoms with Crippen LogP contribution >= 0.6 is 0 Å². The highest BCUT2D eigenvalue weighted by Gasteiger charge is 2.27. The van der Waals surface area contributed by atoms with Crippen LogP contribution in [0, 0.1) is 0 Å². The highest BCUT2D eigenvalue weighted by molar-refractivity contribution is 5.98. The minimum atomic E-state index is -1.46. The van der Waals surface area contributed by atoms with Gasteiger partial charge in [-0.3, -0.25) is 4.79 Å². The van der Waals surface area contributed by atoms with Crippen molar-refractivity contribution >= 4 is 16.7 Å². The van der Waals surface area contributed by atoms with Crippen molar-refractivity contribution in [2.45, 2.75) is 18.2 Å². The van der Waals surface area contributed by atoms with Gasteiger partial charge in [0, 0.05) is 5.56 Å². The van der Waals surface area contributed by atoms with E-state index in [1.165, 1.54) is 0 Å². The molecule has 1 unspecified atom stereocenters. The molecule has 0 fully saturated rings. The second kappa shape index (κ2) is 7.33.